The van der Waals surface area contributed by atoms with E-state index in [4.69, 9.17) is 0 Å². The van der Waals surface area contributed by atoms with Crippen molar-refractivity contribution in [2.45, 2.75) is 13.3 Å². The predicted octanol–water partition coefficient (Wildman–Crippen LogP) is 3.26. The molecule has 0 fully saturated rings. The molecule has 1 heterocycles. The van der Waals surface area contributed by atoms with Crippen molar-refractivity contribution in [3.8, 4) is 0 Å². The lowest BCUT2D eigenvalue weighted by atomic mass is 10.1. The second-order valence-corrected chi connectivity index (χ2v) is 3.78. The highest BCUT2D eigenvalue weighted by atomic mass is 19.1. The van der Waals surface area contributed by atoms with E-state index < -0.39 is 11.6 Å². The quantitative estimate of drug-likeness (QED) is 0.755. The first-order valence-electron chi connectivity index (χ1n) is 5.00. The predicted molar refractivity (Wildman–Crippen MR) is 58.1 cm³/mol. The van der Waals surface area contributed by atoms with Crippen molar-refractivity contribution >= 4 is 0 Å². The van der Waals surface area contributed by atoms with Crippen molar-refractivity contribution in [3.05, 3.63) is 65.0 Å². The van der Waals surface area contributed by atoms with E-state index in [2.05, 4.69) is 4.98 Å². The molecule has 0 saturated heterocycles. The molecule has 0 saturated carbocycles. The van der Waals surface area contributed by atoms with Gasteiger partial charge in [0.1, 0.15) is 11.6 Å². The van der Waals surface area contributed by atoms with Gasteiger partial charge in [0.25, 0.3) is 0 Å². The minimum Gasteiger partial charge on any atom is -0.261 e. The molecule has 3 heteroatoms. The highest BCUT2D eigenvalue weighted by Gasteiger charge is 2.02. The largest absolute Gasteiger partial charge is 0.261 e. The zero-order valence-electron chi connectivity index (χ0n) is 8.87. The summed E-state index contributed by atoms with van der Waals surface area (Å²) in [6.45, 7) is 1.96. The van der Waals surface area contributed by atoms with Gasteiger partial charge in [0, 0.05) is 24.4 Å². The molecule has 0 aliphatic heterocycles. The number of halogens is 2. The third kappa shape index (κ3) is 2.63. The Morgan fingerprint density at radius 1 is 1.06 bits per heavy atom. The van der Waals surface area contributed by atoms with Crippen LogP contribution in [0.4, 0.5) is 8.78 Å². The second-order valence-electron chi connectivity index (χ2n) is 3.78. The zero-order chi connectivity index (χ0) is 11.5. The molecular formula is C13H11F2N. The molecule has 1 aromatic carbocycles. The number of hydrogen-bond donors (Lipinski definition) is 0. The normalized spacial score (nSPS) is 10.4. The summed E-state index contributed by atoms with van der Waals surface area (Å²) < 4.78 is 25.9. The number of hydrogen-bond acceptors (Lipinski definition) is 1. The highest BCUT2D eigenvalue weighted by molar-refractivity contribution is 5.25. The molecule has 2 aromatic rings. The first-order valence-corrected chi connectivity index (χ1v) is 5.00. The molecule has 0 bridgehead atoms. The van der Waals surface area contributed by atoms with Gasteiger partial charge in [-0.3, -0.25) is 4.98 Å². The van der Waals surface area contributed by atoms with E-state index in [0.29, 0.717) is 12.0 Å². The standard InChI is InChI=1S/C13H11F2N/c1-9-2-3-16-13(4-9)7-10-5-11(14)8-12(15)6-10/h2-6,8H,7H2,1H3. The first kappa shape index (κ1) is 10.7. The summed E-state index contributed by atoms with van der Waals surface area (Å²) in [5, 5.41) is 0. The van der Waals surface area contributed by atoms with Crippen LogP contribution in [0.15, 0.2) is 36.5 Å². The van der Waals surface area contributed by atoms with Crippen LogP contribution in [-0.4, -0.2) is 4.98 Å². The summed E-state index contributed by atoms with van der Waals surface area (Å²) in [5.74, 6) is -1.11. The maximum absolute atomic E-state index is 12.9. The molecule has 1 aromatic heterocycles. The number of pyridine rings is 1. The molecule has 16 heavy (non-hydrogen) atoms. The average molecular weight is 219 g/mol. The molecule has 0 unspecified atom stereocenters. The van der Waals surface area contributed by atoms with E-state index in [0.717, 1.165) is 17.3 Å². The van der Waals surface area contributed by atoms with Crippen LogP contribution in [0.2, 0.25) is 0 Å². The lowest BCUT2D eigenvalue weighted by Crippen LogP contribution is -1.94. The van der Waals surface area contributed by atoms with Gasteiger partial charge in [0.05, 0.1) is 0 Å². The molecule has 1 nitrogen and oxygen atoms in total. The van der Waals surface area contributed by atoms with Gasteiger partial charge in [-0.25, -0.2) is 8.78 Å². The lowest BCUT2D eigenvalue weighted by Gasteiger charge is -2.02. The fourth-order valence-corrected chi connectivity index (χ4v) is 1.62. The molecule has 0 spiro atoms. The molecule has 0 radical (unpaired) electrons. The molecular weight excluding hydrogens is 208 g/mol. The van der Waals surface area contributed by atoms with Crippen molar-refractivity contribution in [2.75, 3.05) is 0 Å². The van der Waals surface area contributed by atoms with Crippen LogP contribution in [0, 0.1) is 18.6 Å². The molecule has 0 aliphatic rings. The second kappa shape index (κ2) is 4.39. The maximum Gasteiger partial charge on any atom is 0.126 e. The van der Waals surface area contributed by atoms with E-state index in [9.17, 15) is 8.78 Å². The minimum atomic E-state index is -0.553. The van der Waals surface area contributed by atoms with Crippen LogP contribution in [0.25, 0.3) is 0 Å². The Kier molecular flexibility index (Phi) is 2.95. The lowest BCUT2D eigenvalue weighted by molar-refractivity contribution is 0.580. The molecule has 2 rings (SSSR count). The molecule has 82 valence electrons. The van der Waals surface area contributed by atoms with Gasteiger partial charge in [-0.1, -0.05) is 0 Å². The molecule has 0 aliphatic carbocycles. The Labute approximate surface area is 92.8 Å². The molecule has 0 amide bonds. The topological polar surface area (TPSA) is 12.9 Å². The Morgan fingerprint density at radius 2 is 1.75 bits per heavy atom. The van der Waals surface area contributed by atoms with Crippen molar-refractivity contribution in [3.63, 3.8) is 0 Å². The van der Waals surface area contributed by atoms with Crippen LogP contribution in [-0.2, 0) is 6.42 Å². The van der Waals surface area contributed by atoms with Gasteiger partial charge in [-0.15, -0.1) is 0 Å². The monoisotopic (exact) mass is 219 g/mol. The first-order chi connectivity index (χ1) is 7.63. The third-order valence-electron chi connectivity index (χ3n) is 2.28. The number of aryl methyl sites for hydroxylation is 1. The van der Waals surface area contributed by atoms with Gasteiger partial charge in [-0.2, -0.15) is 0 Å². The van der Waals surface area contributed by atoms with E-state index >= 15 is 0 Å². The van der Waals surface area contributed by atoms with Gasteiger partial charge in [0.15, 0.2) is 0 Å². The highest BCUT2D eigenvalue weighted by Crippen LogP contribution is 2.12. The van der Waals surface area contributed by atoms with Gasteiger partial charge >= 0.3 is 0 Å². The Morgan fingerprint density at radius 3 is 2.38 bits per heavy atom. The van der Waals surface area contributed by atoms with E-state index in [-0.39, 0.29) is 0 Å². The molecule has 0 N–H and O–H groups in total. The summed E-state index contributed by atoms with van der Waals surface area (Å²) >= 11 is 0. The van der Waals surface area contributed by atoms with E-state index in [1.54, 1.807) is 6.20 Å². The summed E-state index contributed by atoms with van der Waals surface area (Å²) in [5.41, 5.74) is 2.49. The SMILES string of the molecule is Cc1ccnc(Cc2cc(F)cc(F)c2)c1. The summed E-state index contributed by atoms with van der Waals surface area (Å²) in [7, 11) is 0. The number of rotatable bonds is 2. The van der Waals surface area contributed by atoms with Crippen molar-refractivity contribution in [2.24, 2.45) is 0 Å². The zero-order valence-corrected chi connectivity index (χ0v) is 8.87. The van der Waals surface area contributed by atoms with Crippen molar-refractivity contribution < 1.29 is 8.78 Å². The average Bonchev–Trinajstić information content (AvgIpc) is 2.15. The van der Waals surface area contributed by atoms with Crippen LogP contribution in [0.5, 0.6) is 0 Å². The van der Waals surface area contributed by atoms with Crippen LogP contribution in [0.3, 0.4) is 0 Å². The van der Waals surface area contributed by atoms with Gasteiger partial charge in [-0.05, 0) is 42.3 Å². The minimum absolute atomic E-state index is 0.441. The Hall–Kier alpha value is -1.77. The van der Waals surface area contributed by atoms with Crippen molar-refractivity contribution in [1.29, 1.82) is 0 Å². The number of aromatic nitrogens is 1. The van der Waals surface area contributed by atoms with Crippen LogP contribution >= 0.6 is 0 Å². The van der Waals surface area contributed by atoms with Crippen molar-refractivity contribution in [1.82, 2.24) is 4.98 Å². The Bertz CT molecular complexity index is 489. The third-order valence-corrected chi connectivity index (χ3v) is 2.28. The Balaban J connectivity index is 2.27. The maximum atomic E-state index is 12.9. The smallest absolute Gasteiger partial charge is 0.126 e. The van der Waals surface area contributed by atoms with Gasteiger partial charge < -0.3 is 0 Å². The van der Waals surface area contributed by atoms with E-state index in [1.807, 2.05) is 19.1 Å². The number of benzene rings is 1. The summed E-state index contributed by atoms with van der Waals surface area (Å²) in [6.07, 6.45) is 2.14. The fourth-order valence-electron chi connectivity index (χ4n) is 1.62. The van der Waals surface area contributed by atoms with Crippen LogP contribution in [0.1, 0.15) is 16.8 Å². The molecule has 0 atom stereocenters. The van der Waals surface area contributed by atoms with Crippen LogP contribution < -0.4 is 0 Å². The summed E-state index contributed by atoms with van der Waals surface area (Å²) in [4.78, 5) is 4.15. The fraction of sp³-hybridized carbons (Fsp3) is 0.154. The number of nitrogens with zero attached hydrogens (tertiary/aromatic N) is 1. The van der Waals surface area contributed by atoms with E-state index in [1.165, 1.54) is 12.1 Å². The van der Waals surface area contributed by atoms with Gasteiger partial charge in [0.2, 0.25) is 0 Å². The summed E-state index contributed by atoms with van der Waals surface area (Å²) in [6, 6.07) is 7.31.